The molecular formula is C49H95N3O6Si4. The molecule has 2 aromatic rings. The number of aromatic nitrogens is 1. The fraction of sp³-hybridized carbons (Fsp3) is 0.816. The maximum Gasteiger partial charge on any atom is 0.418 e. The van der Waals surface area contributed by atoms with Crippen molar-refractivity contribution in [1.29, 1.82) is 0 Å². The zero-order valence-corrected chi connectivity index (χ0v) is 48.2. The fourth-order valence-corrected chi connectivity index (χ4v) is 11.8. The molecule has 0 radical (unpaired) electrons. The highest BCUT2D eigenvalue weighted by molar-refractivity contribution is 6.75. The van der Waals surface area contributed by atoms with E-state index in [4.69, 9.17) is 22.4 Å². The molecule has 1 saturated heterocycles. The van der Waals surface area contributed by atoms with Crippen molar-refractivity contribution in [2.75, 3.05) is 31.6 Å². The van der Waals surface area contributed by atoms with Crippen molar-refractivity contribution < 1.29 is 27.2 Å². The number of piperidine rings is 1. The van der Waals surface area contributed by atoms with Gasteiger partial charge in [0.2, 0.25) is 0 Å². The van der Waals surface area contributed by atoms with Gasteiger partial charge in [-0.15, -0.1) is 0 Å². The first kappa shape index (κ1) is 55.0. The summed E-state index contributed by atoms with van der Waals surface area (Å²) in [4.78, 5) is 15.5. The third-order valence-corrected chi connectivity index (χ3v) is 33.0. The average Bonchev–Trinajstić information content (AvgIpc) is 3.49. The Morgan fingerprint density at radius 2 is 1.15 bits per heavy atom. The van der Waals surface area contributed by atoms with Crippen LogP contribution in [0.15, 0.2) is 30.5 Å². The van der Waals surface area contributed by atoms with E-state index >= 15 is 0 Å². The SMILES string of the molecule is CC(C)(C)OC(=O)n1ccc2cc(NCCCCCCN3CC(O[Si](C)(C)C(C)(C)C)C(O[Si](C)(C)C(C)(C)C)C(O[Si](C)(C)C(C)(C)C)[C@H]3CO[Si](C)(C)C(C)(C)C)ccc21. The molecule has 0 spiro atoms. The summed E-state index contributed by atoms with van der Waals surface area (Å²) in [6.07, 6.45) is 5.39. The zero-order valence-electron chi connectivity index (χ0n) is 44.2. The Bertz CT molecular complexity index is 1760. The molecule has 3 rings (SSSR count). The lowest BCUT2D eigenvalue weighted by Crippen LogP contribution is -2.70. The Labute approximate surface area is 385 Å². The average molecular weight is 935 g/mol. The van der Waals surface area contributed by atoms with Crippen LogP contribution in [0.2, 0.25) is 72.5 Å². The number of hydrogen-bond acceptors (Lipinski definition) is 8. The fourth-order valence-electron chi connectivity index (χ4n) is 6.81. The van der Waals surface area contributed by atoms with Crippen LogP contribution < -0.4 is 5.32 Å². The van der Waals surface area contributed by atoms with Gasteiger partial charge in [-0.2, -0.15) is 0 Å². The maximum absolute atomic E-state index is 12.8. The van der Waals surface area contributed by atoms with Crippen LogP contribution in [0.1, 0.15) is 130 Å². The molecule has 13 heteroatoms. The number of benzene rings is 1. The lowest BCUT2D eigenvalue weighted by Gasteiger charge is -2.56. The molecule has 1 aliphatic rings. The van der Waals surface area contributed by atoms with E-state index in [1.807, 2.05) is 32.9 Å². The first-order valence-electron chi connectivity index (χ1n) is 23.8. The summed E-state index contributed by atoms with van der Waals surface area (Å²) >= 11 is 0. The number of likely N-dealkylation sites (tertiary alicyclic amines) is 1. The smallest absolute Gasteiger partial charge is 0.418 e. The summed E-state index contributed by atoms with van der Waals surface area (Å²) in [7, 11) is -8.83. The molecule has 0 bridgehead atoms. The molecule has 62 heavy (non-hydrogen) atoms. The van der Waals surface area contributed by atoms with Gasteiger partial charge in [-0.05, 0) is 137 Å². The monoisotopic (exact) mass is 934 g/mol. The van der Waals surface area contributed by atoms with Crippen LogP contribution in [0.4, 0.5) is 10.5 Å². The number of nitrogens with one attached hydrogen (secondary N) is 1. The molecular weight excluding hydrogens is 839 g/mol. The van der Waals surface area contributed by atoms with E-state index in [9.17, 15) is 4.79 Å². The van der Waals surface area contributed by atoms with E-state index in [0.29, 0.717) is 6.61 Å². The van der Waals surface area contributed by atoms with Gasteiger partial charge in [0, 0.05) is 30.4 Å². The van der Waals surface area contributed by atoms with Crippen LogP contribution in [-0.2, 0) is 22.4 Å². The number of rotatable bonds is 17. The van der Waals surface area contributed by atoms with Crippen molar-refractivity contribution in [3.05, 3.63) is 30.5 Å². The Balaban J connectivity index is 1.90. The molecule has 0 aliphatic carbocycles. The Kier molecular flexibility index (Phi) is 17.7. The summed E-state index contributed by atoms with van der Waals surface area (Å²) in [5.74, 6) is 0. The molecule has 1 aromatic heterocycles. The predicted molar refractivity (Wildman–Crippen MR) is 275 cm³/mol. The number of unbranched alkanes of at least 4 members (excludes halogenated alkanes) is 3. The van der Waals surface area contributed by atoms with Gasteiger partial charge >= 0.3 is 6.09 Å². The molecule has 1 fully saturated rings. The van der Waals surface area contributed by atoms with Crippen molar-refractivity contribution in [2.45, 2.75) is 232 Å². The second kappa shape index (κ2) is 19.9. The van der Waals surface area contributed by atoms with Gasteiger partial charge in [-0.1, -0.05) is 95.9 Å². The van der Waals surface area contributed by atoms with Crippen molar-refractivity contribution in [2.24, 2.45) is 0 Å². The zero-order chi connectivity index (χ0) is 47.7. The van der Waals surface area contributed by atoms with E-state index in [1.54, 1.807) is 10.8 Å². The topological polar surface area (TPSA) is 83.4 Å². The lowest BCUT2D eigenvalue weighted by atomic mass is 9.94. The van der Waals surface area contributed by atoms with Crippen molar-refractivity contribution >= 4 is 56.0 Å². The molecule has 358 valence electrons. The minimum Gasteiger partial charge on any atom is -0.443 e. The Hall–Kier alpha value is -1.30. The number of carbonyl (C=O) groups excluding carboxylic acids is 1. The summed E-state index contributed by atoms with van der Waals surface area (Å²) in [6.45, 7) is 56.2. The van der Waals surface area contributed by atoms with Gasteiger partial charge in [-0.3, -0.25) is 9.47 Å². The molecule has 0 saturated carbocycles. The Morgan fingerprint density at radius 3 is 1.66 bits per heavy atom. The number of fused-ring (bicyclic) bond motifs is 1. The number of ether oxygens (including phenoxy) is 1. The summed E-state index contributed by atoms with van der Waals surface area (Å²) in [5, 5.41) is 4.87. The van der Waals surface area contributed by atoms with Crippen molar-refractivity contribution in [3.63, 3.8) is 0 Å². The summed E-state index contributed by atoms with van der Waals surface area (Å²) < 4.78 is 37.3. The third kappa shape index (κ3) is 14.3. The van der Waals surface area contributed by atoms with Crippen LogP contribution in [0.25, 0.3) is 10.9 Å². The number of nitrogens with zero attached hydrogens (tertiary/aromatic N) is 2. The van der Waals surface area contributed by atoms with E-state index < -0.39 is 38.9 Å². The molecule has 9 nitrogen and oxygen atoms in total. The number of carbonyl (C=O) groups is 1. The normalized spacial score (nSPS) is 20.8. The lowest BCUT2D eigenvalue weighted by molar-refractivity contribution is -0.128. The summed E-state index contributed by atoms with van der Waals surface area (Å²) in [6, 6.07) is 8.19. The van der Waals surface area contributed by atoms with Crippen molar-refractivity contribution in [1.82, 2.24) is 9.47 Å². The van der Waals surface area contributed by atoms with Crippen LogP contribution in [0.3, 0.4) is 0 Å². The highest BCUT2D eigenvalue weighted by Gasteiger charge is 2.55. The number of hydrogen-bond donors (Lipinski definition) is 1. The summed E-state index contributed by atoms with van der Waals surface area (Å²) in [5.41, 5.74) is 1.37. The van der Waals surface area contributed by atoms with Gasteiger partial charge in [0.1, 0.15) is 5.60 Å². The minimum atomic E-state index is -2.28. The van der Waals surface area contributed by atoms with Crippen molar-refractivity contribution in [3.8, 4) is 0 Å². The third-order valence-electron chi connectivity index (χ3n) is 15.1. The van der Waals surface area contributed by atoms with E-state index in [2.05, 4.69) is 158 Å². The largest absolute Gasteiger partial charge is 0.443 e. The minimum absolute atomic E-state index is 0.0301. The van der Waals surface area contributed by atoms with Gasteiger partial charge in [0.05, 0.1) is 36.5 Å². The highest BCUT2D eigenvalue weighted by atomic mass is 28.4. The molecule has 2 heterocycles. The van der Waals surface area contributed by atoms with Crippen LogP contribution in [0, 0.1) is 0 Å². The van der Waals surface area contributed by atoms with E-state index in [-0.39, 0.29) is 50.6 Å². The molecule has 1 N–H and O–H groups in total. The van der Waals surface area contributed by atoms with Crippen LogP contribution >= 0.6 is 0 Å². The number of anilines is 1. The van der Waals surface area contributed by atoms with Gasteiger partial charge in [-0.25, -0.2) is 4.79 Å². The second-order valence-corrected chi connectivity index (χ2v) is 44.6. The van der Waals surface area contributed by atoms with Gasteiger partial charge in [0.15, 0.2) is 33.3 Å². The quantitative estimate of drug-likeness (QED) is 0.124. The molecule has 0 amide bonds. The van der Waals surface area contributed by atoms with Crippen LogP contribution in [0.5, 0.6) is 0 Å². The molecule has 1 aromatic carbocycles. The van der Waals surface area contributed by atoms with E-state index in [0.717, 1.165) is 61.9 Å². The Morgan fingerprint density at radius 1 is 0.645 bits per heavy atom. The van der Waals surface area contributed by atoms with Gasteiger partial charge in [0.25, 0.3) is 0 Å². The predicted octanol–water partition coefficient (Wildman–Crippen LogP) is 14.3. The first-order chi connectivity index (χ1) is 27.8. The molecule has 4 atom stereocenters. The molecule has 3 unspecified atom stereocenters. The van der Waals surface area contributed by atoms with E-state index in [1.165, 1.54) is 0 Å². The second-order valence-electron chi connectivity index (χ2n) is 25.5. The first-order valence-corrected chi connectivity index (χ1v) is 35.4. The maximum atomic E-state index is 12.8. The van der Waals surface area contributed by atoms with Crippen LogP contribution in [-0.4, -0.2) is 105 Å². The molecule has 1 aliphatic heterocycles. The standard InChI is InChI=1S/C49H95N3O6Si4/c1-45(2,3)55-44(53)52-33-30-37-34-38(28-29-39(37)52)50-31-26-24-25-27-32-51-35-41(56-60(18,19)47(7,8)9)43(58-62(22,23)49(13,14)15)42(57-61(20,21)48(10,11)12)40(51)36-54-59(16,17)46(4,5)6/h28-30,33-34,40-43,50H,24-27,31-32,35-36H2,1-23H3/t40-,41?,42?,43?/m1/s1. The highest BCUT2D eigenvalue weighted by Crippen LogP contribution is 2.46. The van der Waals surface area contributed by atoms with Gasteiger partial charge < -0.3 is 27.8 Å².